The molecule has 15 heavy (non-hydrogen) atoms. The first-order valence-electron chi connectivity index (χ1n) is 5.58. The summed E-state index contributed by atoms with van der Waals surface area (Å²) in [6.07, 6.45) is 5.05. The van der Waals surface area contributed by atoms with Crippen LogP contribution in [-0.4, -0.2) is 17.6 Å². The summed E-state index contributed by atoms with van der Waals surface area (Å²) >= 11 is 0. The van der Waals surface area contributed by atoms with E-state index in [0.29, 0.717) is 12.2 Å². The Kier molecular flexibility index (Phi) is 3.04. The van der Waals surface area contributed by atoms with E-state index in [1.165, 1.54) is 0 Å². The highest BCUT2D eigenvalue weighted by molar-refractivity contribution is 5.93. The van der Waals surface area contributed by atoms with Gasteiger partial charge in [-0.05, 0) is 25.7 Å². The normalized spacial score (nSPS) is 14.7. The minimum absolute atomic E-state index is 0.0937. The number of hydrogen-bond acceptors (Lipinski definition) is 3. The molecule has 1 aliphatic rings. The zero-order valence-corrected chi connectivity index (χ0v) is 9.01. The zero-order chi connectivity index (χ0) is 10.7. The molecule has 1 heterocycles. The van der Waals surface area contributed by atoms with Crippen LogP contribution in [0.1, 0.15) is 48.0 Å². The van der Waals surface area contributed by atoms with Gasteiger partial charge in [0.1, 0.15) is 5.76 Å². The van der Waals surface area contributed by atoms with Gasteiger partial charge in [-0.15, -0.1) is 0 Å². The van der Waals surface area contributed by atoms with Crippen molar-refractivity contribution in [1.82, 2.24) is 10.5 Å². The van der Waals surface area contributed by atoms with Crippen LogP contribution in [0.4, 0.5) is 0 Å². The van der Waals surface area contributed by atoms with Gasteiger partial charge in [-0.2, -0.15) is 0 Å². The number of hydrogen-bond donors (Lipinski definition) is 1. The fraction of sp³-hybridized carbons (Fsp3) is 0.636. The van der Waals surface area contributed by atoms with E-state index < -0.39 is 0 Å². The van der Waals surface area contributed by atoms with Crippen LogP contribution in [0.3, 0.4) is 0 Å². The molecule has 0 radical (unpaired) electrons. The van der Waals surface area contributed by atoms with Crippen molar-refractivity contribution in [3.8, 4) is 0 Å². The zero-order valence-electron chi connectivity index (χ0n) is 9.01. The first-order valence-corrected chi connectivity index (χ1v) is 5.58. The summed E-state index contributed by atoms with van der Waals surface area (Å²) in [5, 5.41) is 6.69. The number of carbonyl (C=O) groups is 1. The molecule has 82 valence electrons. The minimum atomic E-state index is -0.0937. The van der Waals surface area contributed by atoms with E-state index in [1.807, 2.05) is 6.92 Å². The smallest absolute Gasteiger partial charge is 0.273 e. The Hall–Kier alpha value is -1.32. The Bertz CT molecular complexity index is 357. The van der Waals surface area contributed by atoms with Gasteiger partial charge in [0.05, 0.1) is 0 Å². The van der Waals surface area contributed by atoms with Crippen molar-refractivity contribution in [2.75, 3.05) is 6.54 Å². The van der Waals surface area contributed by atoms with Crippen molar-refractivity contribution in [1.29, 1.82) is 0 Å². The van der Waals surface area contributed by atoms with Crippen molar-refractivity contribution in [3.63, 3.8) is 0 Å². The summed E-state index contributed by atoms with van der Waals surface area (Å²) in [5.74, 6) is 0.812. The van der Waals surface area contributed by atoms with E-state index in [9.17, 15) is 4.79 Å². The Morgan fingerprint density at radius 3 is 3.07 bits per heavy atom. The number of amides is 1. The molecule has 0 atom stereocenters. The lowest BCUT2D eigenvalue weighted by molar-refractivity contribution is 0.0944. The topological polar surface area (TPSA) is 55.1 Å². The molecule has 0 fully saturated rings. The maximum Gasteiger partial charge on any atom is 0.273 e. The van der Waals surface area contributed by atoms with Gasteiger partial charge in [-0.3, -0.25) is 4.79 Å². The van der Waals surface area contributed by atoms with E-state index >= 15 is 0 Å². The number of nitrogens with one attached hydrogen (secondary N) is 1. The van der Waals surface area contributed by atoms with E-state index in [2.05, 4.69) is 10.5 Å². The minimum Gasteiger partial charge on any atom is -0.360 e. The summed E-state index contributed by atoms with van der Waals surface area (Å²) in [4.78, 5) is 11.7. The van der Waals surface area contributed by atoms with Crippen LogP contribution < -0.4 is 5.32 Å². The van der Waals surface area contributed by atoms with Crippen LogP contribution >= 0.6 is 0 Å². The Morgan fingerprint density at radius 2 is 2.27 bits per heavy atom. The molecule has 0 saturated heterocycles. The first-order chi connectivity index (χ1) is 7.33. The van der Waals surface area contributed by atoms with Crippen molar-refractivity contribution < 1.29 is 9.32 Å². The SMILES string of the molecule is CCCNC(=O)c1noc2c1CCCC2. The van der Waals surface area contributed by atoms with Crippen molar-refractivity contribution in [2.24, 2.45) is 0 Å². The van der Waals surface area contributed by atoms with Crippen molar-refractivity contribution in [3.05, 3.63) is 17.0 Å². The molecule has 0 bridgehead atoms. The number of aromatic nitrogens is 1. The fourth-order valence-electron chi connectivity index (χ4n) is 1.89. The quantitative estimate of drug-likeness (QED) is 0.822. The Labute approximate surface area is 89.0 Å². The van der Waals surface area contributed by atoms with Crippen LogP contribution in [0.2, 0.25) is 0 Å². The lowest BCUT2D eigenvalue weighted by Gasteiger charge is -2.08. The lowest BCUT2D eigenvalue weighted by Crippen LogP contribution is -2.25. The lowest BCUT2D eigenvalue weighted by atomic mass is 9.96. The molecule has 1 aromatic rings. The summed E-state index contributed by atoms with van der Waals surface area (Å²) in [6, 6.07) is 0. The second-order valence-electron chi connectivity index (χ2n) is 3.90. The van der Waals surface area contributed by atoms with Crippen molar-refractivity contribution in [2.45, 2.75) is 39.0 Å². The third-order valence-electron chi connectivity index (χ3n) is 2.70. The third-order valence-corrected chi connectivity index (χ3v) is 2.70. The molecule has 1 aliphatic carbocycles. The molecular formula is C11H16N2O2. The Balaban J connectivity index is 2.14. The summed E-state index contributed by atoms with van der Waals surface area (Å²) in [6.45, 7) is 2.72. The van der Waals surface area contributed by atoms with Crippen LogP contribution in [0.15, 0.2) is 4.52 Å². The largest absolute Gasteiger partial charge is 0.360 e. The highest BCUT2D eigenvalue weighted by Gasteiger charge is 2.23. The van der Waals surface area contributed by atoms with Crippen LogP contribution in [-0.2, 0) is 12.8 Å². The van der Waals surface area contributed by atoms with Crippen LogP contribution in [0, 0.1) is 0 Å². The summed E-state index contributed by atoms with van der Waals surface area (Å²) in [5.41, 5.74) is 1.52. The molecule has 0 aromatic carbocycles. The average Bonchev–Trinajstić information content (AvgIpc) is 2.69. The number of fused-ring (bicyclic) bond motifs is 1. The van der Waals surface area contributed by atoms with Gasteiger partial charge in [-0.25, -0.2) is 0 Å². The molecule has 0 aliphatic heterocycles. The van der Waals surface area contributed by atoms with E-state index in [1.54, 1.807) is 0 Å². The van der Waals surface area contributed by atoms with E-state index in [4.69, 9.17) is 4.52 Å². The second kappa shape index (κ2) is 4.47. The number of aryl methyl sites for hydroxylation is 1. The van der Waals surface area contributed by atoms with Gasteiger partial charge in [0, 0.05) is 18.5 Å². The van der Waals surface area contributed by atoms with Crippen LogP contribution in [0.25, 0.3) is 0 Å². The standard InChI is InChI=1S/C11H16N2O2/c1-2-7-12-11(14)10-8-5-3-4-6-9(8)15-13-10/h2-7H2,1H3,(H,12,14). The molecule has 1 aromatic heterocycles. The summed E-state index contributed by atoms with van der Waals surface area (Å²) < 4.78 is 5.18. The number of carbonyl (C=O) groups excluding carboxylic acids is 1. The number of nitrogens with zero attached hydrogens (tertiary/aromatic N) is 1. The Morgan fingerprint density at radius 1 is 1.47 bits per heavy atom. The highest BCUT2D eigenvalue weighted by Crippen LogP contribution is 2.23. The van der Waals surface area contributed by atoms with Crippen LogP contribution in [0.5, 0.6) is 0 Å². The van der Waals surface area contributed by atoms with Gasteiger partial charge in [0.15, 0.2) is 5.69 Å². The van der Waals surface area contributed by atoms with E-state index in [-0.39, 0.29) is 5.91 Å². The predicted molar refractivity (Wildman–Crippen MR) is 55.8 cm³/mol. The van der Waals surface area contributed by atoms with E-state index in [0.717, 1.165) is 43.4 Å². The molecule has 0 spiro atoms. The predicted octanol–water partition coefficient (Wildman–Crippen LogP) is 1.69. The molecule has 4 nitrogen and oxygen atoms in total. The maximum atomic E-state index is 11.7. The van der Waals surface area contributed by atoms with Gasteiger partial charge in [0.25, 0.3) is 5.91 Å². The molecule has 0 unspecified atom stereocenters. The first kappa shape index (κ1) is 10.2. The average molecular weight is 208 g/mol. The monoisotopic (exact) mass is 208 g/mol. The van der Waals surface area contributed by atoms with Gasteiger partial charge >= 0.3 is 0 Å². The van der Waals surface area contributed by atoms with Crippen molar-refractivity contribution >= 4 is 5.91 Å². The molecule has 2 rings (SSSR count). The fourth-order valence-corrected chi connectivity index (χ4v) is 1.89. The number of rotatable bonds is 3. The molecule has 4 heteroatoms. The third kappa shape index (κ3) is 2.03. The van der Waals surface area contributed by atoms with Gasteiger partial charge in [-0.1, -0.05) is 12.1 Å². The molecular weight excluding hydrogens is 192 g/mol. The second-order valence-corrected chi connectivity index (χ2v) is 3.90. The molecule has 1 amide bonds. The maximum absolute atomic E-state index is 11.7. The highest BCUT2D eigenvalue weighted by atomic mass is 16.5. The summed E-state index contributed by atoms with van der Waals surface area (Å²) in [7, 11) is 0. The van der Waals surface area contributed by atoms with Gasteiger partial charge < -0.3 is 9.84 Å². The molecule has 0 saturated carbocycles. The van der Waals surface area contributed by atoms with Gasteiger partial charge in [0.2, 0.25) is 0 Å². The molecule has 1 N–H and O–H groups in total.